The molecule has 3 aromatic rings. The Hall–Kier alpha value is -2.18. The summed E-state index contributed by atoms with van der Waals surface area (Å²) in [5.41, 5.74) is 3.44. The summed E-state index contributed by atoms with van der Waals surface area (Å²) in [6, 6.07) is 15.5. The smallest absolute Gasteiger partial charge is 0.359 e. The van der Waals surface area contributed by atoms with Crippen LogP contribution in [-0.4, -0.2) is 22.4 Å². The van der Waals surface area contributed by atoms with E-state index in [-0.39, 0.29) is 5.69 Å². The van der Waals surface area contributed by atoms with Gasteiger partial charge in [-0.3, -0.25) is 0 Å². The zero-order valence-electron chi connectivity index (χ0n) is 14.1. The molecule has 0 aliphatic heterocycles. The van der Waals surface area contributed by atoms with Gasteiger partial charge in [0.25, 0.3) is 0 Å². The first kappa shape index (κ1) is 18.6. The molecule has 2 aromatic carbocycles. The maximum Gasteiger partial charge on any atom is 0.359 e. The number of rotatable bonds is 5. The lowest BCUT2D eigenvalue weighted by atomic mass is 10.1. The van der Waals surface area contributed by atoms with Gasteiger partial charge >= 0.3 is 5.97 Å². The fourth-order valence-corrected chi connectivity index (χ4v) is 3.01. The Balaban J connectivity index is 2.05. The van der Waals surface area contributed by atoms with Crippen LogP contribution in [0.15, 0.2) is 70.3 Å². The number of benzene rings is 2. The number of ether oxygens (including phenoxy) is 1. The molecule has 0 spiro atoms. The summed E-state index contributed by atoms with van der Waals surface area (Å²) in [4.78, 5) is 12.4. The molecule has 0 fully saturated rings. The molecular weight excluding hydrogens is 460 g/mol. The first-order chi connectivity index (χ1) is 12.5. The monoisotopic (exact) mass is 474 g/mol. The maximum atomic E-state index is 12.4. The molecular formula is C20H16Br2N2O2. The van der Waals surface area contributed by atoms with Crippen LogP contribution in [-0.2, 0) is 4.74 Å². The molecule has 0 bridgehead atoms. The summed E-state index contributed by atoms with van der Waals surface area (Å²) >= 11 is 6.85. The fourth-order valence-electron chi connectivity index (χ4n) is 2.48. The molecule has 0 atom stereocenters. The van der Waals surface area contributed by atoms with E-state index in [4.69, 9.17) is 4.74 Å². The van der Waals surface area contributed by atoms with Crippen molar-refractivity contribution in [2.24, 2.45) is 0 Å². The Bertz CT molecular complexity index is 945. The number of carbonyl (C=O) groups excluding carboxylic acids is 1. The summed E-state index contributed by atoms with van der Waals surface area (Å²) in [6.07, 6.45) is 1.81. The van der Waals surface area contributed by atoms with Crippen molar-refractivity contribution in [1.82, 2.24) is 9.78 Å². The van der Waals surface area contributed by atoms with Crippen LogP contribution in [0, 0.1) is 0 Å². The van der Waals surface area contributed by atoms with Crippen molar-refractivity contribution in [3.8, 4) is 11.1 Å². The average Bonchev–Trinajstić information content (AvgIpc) is 3.08. The van der Waals surface area contributed by atoms with Gasteiger partial charge in [0.2, 0.25) is 0 Å². The molecule has 4 nitrogen and oxygen atoms in total. The fraction of sp³-hybridized carbons (Fsp3) is 0.100. The number of hydrogen-bond donors (Lipinski definition) is 0. The molecule has 0 saturated heterocycles. The number of aromatic nitrogens is 2. The van der Waals surface area contributed by atoms with Gasteiger partial charge in [0.05, 0.1) is 12.3 Å². The van der Waals surface area contributed by atoms with E-state index in [2.05, 4.69) is 43.5 Å². The Morgan fingerprint density at radius 3 is 2.23 bits per heavy atom. The van der Waals surface area contributed by atoms with Crippen molar-refractivity contribution in [2.75, 3.05) is 6.61 Å². The Kier molecular flexibility index (Phi) is 5.74. The van der Waals surface area contributed by atoms with Crippen LogP contribution in [0.5, 0.6) is 0 Å². The number of carbonyl (C=O) groups is 1. The minimum atomic E-state index is -0.451. The lowest BCUT2D eigenvalue weighted by molar-refractivity contribution is 0.0520. The predicted octanol–water partition coefficient (Wildman–Crippen LogP) is 5.77. The molecule has 3 rings (SSSR count). The zero-order valence-corrected chi connectivity index (χ0v) is 17.2. The van der Waals surface area contributed by atoms with E-state index in [1.54, 1.807) is 17.8 Å². The third kappa shape index (κ3) is 3.97. The highest BCUT2D eigenvalue weighted by Gasteiger charge is 2.20. The van der Waals surface area contributed by atoms with Crippen molar-refractivity contribution < 1.29 is 9.53 Å². The molecule has 1 heterocycles. The summed E-state index contributed by atoms with van der Waals surface area (Å²) < 4.78 is 8.73. The van der Waals surface area contributed by atoms with Crippen LogP contribution >= 0.6 is 31.9 Å². The van der Waals surface area contributed by atoms with Crippen molar-refractivity contribution >= 4 is 43.5 Å². The second-order valence-corrected chi connectivity index (χ2v) is 7.35. The third-order valence-electron chi connectivity index (χ3n) is 3.79. The van der Waals surface area contributed by atoms with Crippen LogP contribution < -0.4 is 0 Å². The summed E-state index contributed by atoms with van der Waals surface area (Å²) in [5, 5.41) is 4.45. The quantitative estimate of drug-likeness (QED) is 0.440. The van der Waals surface area contributed by atoms with Crippen LogP contribution in [0.1, 0.15) is 23.0 Å². The van der Waals surface area contributed by atoms with E-state index in [0.717, 1.165) is 20.1 Å². The van der Waals surface area contributed by atoms with Gasteiger partial charge in [0.15, 0.2) is 5.69 Å². The molecule has 6 heteroatoms. The van der Waals surface area contributed by atoms with Gasteiger partial charge in [-0.2, -0.15) is 5.10 Å². The molecule has 0 N–H and O–H groups in total. The average molecular weight is 476 g/mol. The number of esters is 1. The second-order valence-electron chi connectivity index (χ2n) is 5.52. The standard InChI is InChI=1S/C20H16Br2N2O2/c1-3-26-20(25)19-18(15-6-10-17(22)11-7-15)12-24(23-19)13(2)14-4-8-16(21)9-5-14/h4-12H,2-3H2,1H3. The highest BCUT2D eigenvalue weighted by molar-refractivity contribution is 9.10. The van der Waals surface area contributed by atoms with Crippen molar-refractivity contribution in [2.45, 2.75) is 6.92 Å². The van der Waals surface area contributed by atoms with Gasteiger partial charge in [-0.1, -0.05) is 62.7 Å². The highest BCUT2D eigenvalue weighted by atomic mass is 79.9. The van der Waals surface area contributed by atoms with Gasteiger partial charge in [-0.05, 0) is 42.3 Å². The van der Waals surface area contributed by atoms with Gasteiger partial charge in [0, 0.05) is 20.7 Å². The van der Waals surface area contributed by atoms with E-state index in [0.29, 0.717) is 17.9 Å². The van der Waals surface area contributed by atoms with Crippen molar-refractivity contribution in [1.29, 1.82) is 0 Å². The Labute approximate surface area is 168 Å². The molecule has 0 radical (unpaired) electrons. The second kappa shape index (κ2) is 8.01. The minimum absolute atomic E-state index is 0.271. The van der Waals surface area contributed by atoms with Crippen molar-refractivity contribution in [3.63, 3.8) is 0 Å². The molecule has 0 aliphatic carbocycles. The highest BCUT2D eigenvalue weighted by Crippen LogP contribution is 2.28. The minimum Gasteiger partial charge on any atom is -0.461 e. The first-order valence-corrected chi connectivity index (χ1v) is 9.56. The van der Waals surface area contributed by atoms with E-state index < -0.39 is 5.97 Å². The summed E-state index contributed by atoms with van der Waals surface area (Å²) in [5.74, 6) is -0.451. The van der Waals surface area contributed by atoms with Crippen LogP contribution in [0.2, 0.25) is 0 Å². The SMILES string of the molecule is C=C(c1ccc(Br)cc1)n1cc(-c2ccc(Br)cc2)c(C(=O)OCC)n1. The van der Waals surface area contributed by atoms with Crippen molar-refractivity contribution in [3.05, 3.63) is 81.5 Å². The van der Waals surface area contributed by atoms with Gasteiger partial charge in [-0.25, -0.2) is 9.48 Å². The lowest BCUT2D eigenvalue weighted by Crippen LogP contribution is -2.08. The number of nitrogens with zero attached hydrogens (tertiary/aromatic N) is 2. The number of halogens is 2. The lowest BCUT2D eigenvalue weighted by Gasteiger charge is -2.06. The molecule has 26 heavy (non-hydrogen) atoms. The number of hydrogen-bond acceptors (Lipinski definition) is 3. The van der Waals surface area contributed by atoms with Crippen LogP contribution in [0.3, 0.4) is 0 Å². The normalized spacial score (nSPS) is 10.6. The van der Waals surface area contributed by atoms with Gasteiger partial charge in [0.1, 0.15) is 0 Å². The largest absolute Gasteiger partial charge is 0.461 e. The van der Waals surface area contributed by atoms with E-state index in [1.165, 1.54) is 0 Å². The molecule has 1 aromatic heterocycles. The van der Waals surface area contributed by atoms with Gasteiger partial charge < -0.3 is 4.74 Å². The maximum absolute atomic E-state index is 12.4. The summed E-state index contributed by atoms with van der Waals surface area (Å²) in [6.45, 7) is 6.18. The molecule has 0 unspecified atom stereocenters. The Morgan fingerprint density at radius 2 is 1.65 bits per heavy atom. The van der Waals surface area contributed by atoms with E-state index in [9.17, 15) is 4.79 Å². The van der Waals surface area contributed by atoms with Gasteiger partial charge in [-0.15, -0.1) is 0 Å². The summed E-state index contributed by atoms with van der Waals surface area (Å²) in [7, 11) is 0. The van der Waals surface area contributed by atoms with Crippen LogP contribution in [0.25, 0.3) is 16.8 Å². The van der Waals surface area contributed by atoms with Crippen LogP contribution in [0.4, 0.5) is 0 Å². The van der Waals surface area contributed by atoms with E-state index >= 15 is 0 Å². The zero-order chi connectivity index (χ0) is 18.7. The topological polar surface area (TPSA) is 44.1 Å². The Morgan fingerprint density at radius 1 is 1.08 bits per heavy atom. The van der Waals surface area contributed by atoms with E-state index in [1.807, 2.05) is 48.5 Å². The first-order valence-electron chi connectivity index (χ1n) is 7.97. The predicted molar refractivity (Wildman–Crippen MR) is 110 cm³/mol. The molecule has 0 saturated carbocycles. The molecule has 0 aliphatic rings. The molecule has 0 amide bonds. The third-order valence-corrected chi connectivity index (χ3v) is 4.85. The molecule has 132 valence electrons.